The molecule has 0 aliphatic rings. The van der Waals surface area contributed by atoms with Gasteiger partial charge in [0, 0.05) is 12.1 Å². The lowest BCUT2D eigenvalue weighted by Crippen LogP contribution is -2.36. The number of carbonyl (C=O) groups excluding carboxylic acids is 2. The Hall–Kier alpha value is -2.66. The third kappa shape index (κ3) is 6.87. The van der Waals surface area contributed by atoms with E-state index in [0.717, 1.165) is 22.3 Å². The first-order valence-electron chi connectivity index (χ1n) is 9.16. The van der Waals surface area contributed by atoms with Gasteiger partial charge in [0.05, 0.1) is 19.3 Å². The molecule has 144 valence electrons. The molecule has 2 rings (SSSR count). The summed E-state index contributed by atoms with van der Waals surface area (Å²) in [4.78, 5) is 24.3. The maximum Gasteiger partial charge on any atom is 0.251 e. The van der Waals surface area contributed by atoms with Crippen LogP contribution in [0.25, 0.3) is 0 Å². The number of hydrogen-bond acceptors (Lipinski definition) is 3. The van der Waals surface area contributed by atoms with Crippen LogP contribution in [0.4, 0.5) is 0 Å². The van der Waals surface area contributed by atoms with E-state index in [1.807, 2.05) is 70.2 Å². The van der Waals surface area contributed by atoms with Gasteiger partial charge in [-0.15, -0.1) is 0 Å². The zero-order chi connectivity index (χ0) is 19.8. The third-order valence-corrected chi connectivity index (χ3v) is 4.06. The molecule has 0 saturated carbocycles. The number of ether oxygens (including phenoxy) is 1. The van der Waals surface area contributed by atoms with Crippen LogP contribution >= 0.6 is 0 Å². The van der Waals surface area contributed by atoms with Gasteiger partial charge >= 0.3 is 0 Å². The normalized spacial score (nSPS) is 10.7. The Bertz CT molecular complexity index is 780. The lowest BCUT2D eigenvalue weighted by Gasteiger charge is -2.13. The first kappa shape index (κ1) is 20.6. The molecule has 5 heteroatoms. The Morgan fingerprint density at radius 1 is 0.963 bits per heavy atom. The van der Waals surface area contributed by atoms with Gasteiger partial charge in [0.15, 0.2) is 0 Å². The Labute approximate surface area is 161 Å². The molecule has 0 aliphatic heterocycles. The third-order valence-electron chi connectivity index (χ3n) is 4.06. The Kier molecular flexibility index (Phi) is 7.55. The second-order valence-corrected chi connectivity index (χ2v) is 6.96. The van der Waals surface area contributed by atoms with Crippen LogP contribution in [0, 0.1) is 13.8 Å². The minimum Gasteiger partial charge on any atom is -0.374 e. The van der Waals surface area contributed by atoms with Crippen LogP contribution in [0.2, 0.25) is 0 Å². The molecule has 0 atom stereocenters. The molecule has 0 spiro atoms. The lowest BCUT2D eigenvalue weighted by molar-refractivity contribution is -0.120. The van der Waals surface area contributed by atoms with Crippen LogP contribution in [0.1, 0.15) is 46.5 Å². The molecule has 27 heavy (non-hydrogen) atoms. The largest absolute Gasteiger partial charge is 0.374 e. The number of aryl methyl sites for hydroxylation is 2. The highest BCUT2D eigenvalue weighted by Gasteiger charge is 2.10. The van der Waals surface area contributed by atoms with E-state index in [1.165, 1.54) is 0 Å². The highest BCUT2D eigenvalue weighted by Crippen LogP contribution is 2.11. The van der Waals surface area contributed by atoms with Gasteiger partial charge in [0.25, 0.3) is 5.91 Å². The highest BCUT2D eigenvalue weighted by molar-refractivity contribution is 5.96. The summed E-state index contributed by atoms with van der Waals surface area (Å²) in [7, 11) is 0. The fourth-order valence-corrected chi connectivity index (χ4v) is 2.75. The van der Waals surface area contributed by atoms with E-state index in [-0.39, 0.29) is 24.5 Å². The predicted molar refractivity (Wildman–Crippen MR) is 106 cm³/mol. The van der Waals surface area contributed by atoms with Crippen molar-refractivity contribution < 1.29 is 14.3 Å². The van der Waals surface area contributed by atoms with Crippen molar-refractivity contribution in [2.75, 3.05) is 6.54 Å². The molecule has 0 aliphatic carbocycles. The maximum absolute atomic E-state index is 12.2. The van der Waals surface area contributed by atoms with Crippen LogP contribution < -0.4 is 10.6 Å². The van der Waals surface area contributed by atoms with Gasteiger partial charge in [-0.05, 0) is 51.0 Å². The van der Waals surface area contributed by atoms with E-state index >= 15 is 0 Å². The average molecular weight is 368 g/mol. The van der Waals surface area contributed by atoms with Crippen molar-refractivity contribution in [3.05, 3.63) is 70.3 Å². The van der Waals surface area contributed by atoms with Crippen molar-refractivity contribution in [3.63, 3.8) is 0 Å². The molecule has 0 aromatic heterocycles. The molecule has 2 aromatic rings. The number of carbonyl (C=O) groups is 2. The molecule has 0 saturated heterocycles. The van der Waals surface area contributed by atoms with E-state index in [9.17, 15) is 9.59 Å². The maximum atomic E-state index is 12.2. The van der Waals surface area contributed by atoms with Crippen molar-refractivity contribution in [2.45, 2.75) is 47.0 Å². The van der Waals surface area contributed by atoms with Crippen LogP contribution in [0.5, 0.6) is 0 Å². The van der Waals surface area contributed by atoms with Gasteiger partial charge < -0.3 is 15.4 Å². The molecule has 0 heterocycles. The number of hydrogen-bond donors (Lipinski definition) is 2. The summed E-state index contributed by atoms with van der Waals surface area (Å²) < 4.78 is 5.65. The summed E-state index contributed by atoms with van der Waals surface area (Å²) in [5.74, 6) is -0.477. The minimum atomic E-state index is -0.248. The van der Waals surface area contributed by atoms with Gasteiger partial charge in [0.2, 0.25) is 5.91 Å². The zero-order valence-electron chi connectivity index (χ0n) is 16.5. The molecule has 2 N–H and O–H groups in total. The van der Waals surface area contributed by atoms with E-state index < -0.39 is 0 Å². The summed E-state index contributed by atoms with van der Waals surface area (Å²) >= 11 is 0. The monoisotopic (exact) mass is 368 g/mol. The molecular weight excluding hydrogens is 340 g/mol. The lowest BCUT2D eigenvalue weighted by atomic mass is 10.1. The molecule has 0 fully saturated rings. The van der Waals surface area contributed by atoms with E-state index in [4.69, 9.17) is 4.74 Å². The van der Waals surface area contributed by atoms with Gasteiger partial charge in [-0.1, -0.05) is 41.5 Å². The van der Waals surface area contributed by atoms with Gasteiger partial charge in [-0.3, -0.25) is 9.59 Å². The van der Waals surface area contributed by atoms with Crippen molar-refractivity contribution in [1.82, 2.24) is 10.6 Å². The molecule has 0 radical (unpaired) electrons. The Morgan fingerprint density at radius 2 is 1.59 bits per heavy atom. The molecule has 2 aromatic carbocycles. The summed E-state index contributed by atoms with van der Waals surface area (Å²) in [5, 5.41) is 5.52. The summed E-state index contributed by atoms with van der Waals surface area (Å²) in [6.07, 6.45) is 0.146. The number of amides is 2. The molecule has 0 bridgehead atoms. The molecule has 5 nitrogen and oxygen atoms in total. The summed E-state index contributed by atoms with van der Waals surface area (Å²) in [6, 6.07) is 13.5. The van der Waals surface area contributed by atoms with E-state index in [0.29, 0.717) is 18.7 Å². The fourth-order valence-electron chi connectivity index (χ4n) is 2.75. The van der Waals surface area contributed by atoms with Crippen molar-refractivity contribution >= 4 is 11.8 Å². The average Bonchev–Trinajstić information content (AvgIpc) is 2.62. The molecular formula is C22H28N2O3. The van der Waals surface area contributed by atoms with Gasteiger partial charge in [-0.2, -0.15) is 0 Å². The molecule has 0 unspecified atom stereocenters. The van der Waals surface area contributed by atoms with Crippen LogP contribution in [0.3, 0.4) is 0 Å². The van der Waals surface area contributed by atoms with Crippen LogP contribution in [-0.2, 0) is 22.7 Å². The first-order valence-corrected chi connectivity index (χ1v) is 9.16. The minimum absolute atomic E-state index is 0.0590. The molecule has 2 amide bonds. The predicted octanol–water partition coefficient (Wildman–Crippen LogP) is 3.27. The Morgan fingerprint density at radius 3 is 2.22 bits per heavy atom. The second kappa shape index (κ2) is 9.88. The van der Waals surface area contributed by atoms with E-state index in [1.54, 1.807) is 0 Å². The summed E-state index contributed by atoms with van der Waals surface area (Å²) in [5.41, 5.74) is 4.66. The van der Waals surface area contributed by atoms with Gasteiger partial charge in [0.1, 0.15) is 0 Å². The zero-order valence-corrected chi connectivity index (χ0v) is 16.5. The number of benzene rings is 2. The second-order valence-electron chi connectivity index (χ2n) is 6.96. The quantitative estimate of drug-likeness (QED) is 0.751. The fraction of sp³-hybridized carbons (Fsp3) is 0.364. The van der Waals surface area contributed by atoms with Crippen LogP contribution in [0.15, 0.2) is 42.5 Å². The van der Waals surface area contributed by atoms with Crippen LogP contribution in [-0.4, -0.2) is 24.5 Å². The standard InChI is InChI=1S/C22H28N2O3/c1-15(2)27-14-19-8-6-5-7-18(19)12-23-21(25)13-24-22(26)20-10-16(3)9-17(4)11-20/h5-11,15H,12-14H2,1-4H3,(H,23,25)(H,24,26). The number of rotatable bonds is 8. The topological polar surface area (TPSA) is 67.4 Å². The smallest absolute Gasteiger partial charge is 0.251 e. The highest BCUT2D eigenvalue weighted by atomic mass is 16.5. The van der Waals surface area contributed by atoms with E-state index in [2.05, 4.69) is 10.6 Å². The first-order chi connectivity index (χ1) is 12.8. The Balaban J connectivity index is 1.85. The summed E-state index contributed by atoms with van der Waals surface area (Å²) in [6.45, 7) is 8.71. The SMILES string of the molecule is Cc1cc(C)cc(C(=O)NCC(=O)NCc2ccccc2COC(C)C)c1. The number of nitrogens with one attached hydrogen (secondary N) is 2. The van der Waals surface area contributed by atoms with Crippen molar-refractivity contribution in [1.29, 1.82) is 0 Å². The van der Waals surface area contributed by atoms with Crippen molar-refractivity contribution in [3.8, 4) is 0 Å². The van der Waals surface area contributed by atoms with Gasteiger partial charge in [-0.25, -0.2) is 0 Å². The van der Waals surface area contributed by atoms with Crippen molar-refractivity contribution in [2.24, 2.45) is 0 Å².